The van der Waals surface area contributed by atoms with Gasteiger partial charge in [0.25, 0.3) is 0 Å². The van der Waals surface area contributed by atoms with Gasteiger partial charge in [-0.05, 0) is 42.8 Å². The third kappa shape index (κ3) is 3.14. The topological polar surface area (TPSA) is 39.7 Å². The summed E-state index contributed by atoms with van der Waals surface area (Å²) < 4.78 is 39.4. The van der Waals surface area contributed by atoms with Crippen LogP contribution in [0, 0.1) is 6.92 Å². The number of nitrogens with one attached hydrogen (secondary N) is 2. The van der Waals surface area contributed by atoms with Crippen LogP contribution in [-0.4, -0.2) is 36.9 Å². The molecule has 7 heteroatoms. The van der Waals surface area contributed by atoms with Gasteiger partial charge >= 0.3 is 6.18 Å². The molecular weight excluding hydrogens is 341 g/mol. The van der Waals surface area contributed by atoms with E-state index in [-0.39, 0.29) is 0 Å². The summed E-state index contributed by atoms with van der Waals surface area (Å²) in [7, 11) is 0. The number of piperazine rings is 1. The van der Waals surface area contributed by atoms with E-state index in [0.29, 0.717) is 17.2 Å². The van der Waals surface area contributed by atoms with E-state index in [2.05, 4.69) is 20.5 Å². The number of aliphatic imine (C=N–C) groups is 1. The number of anilines is 2. The number of alkyl halides is 3. The quantitative estimate of drug-likeness (QED) is 0.744. The average molecular weight is 360 g/mol. The smallest absolute Gasteiger partial charge is 0.353 e. The number of nitrogens with zero attached hydrogens (tertiary/aromatic N) is 2. The molecule has 4 rings (SSSR count). The van der Waals surface area contributed by atoms with Gasteiger partial charge in [-0.3, -0.25) is 0 Å². The van der Waals surface area contributed by atoms with E-state index < -0.39 is 11.7 Å². The molecule has 0 bridgehead atoms. The van der Waals surface area contributed by atoms with Crippen LogP contribution in [0.5, 0.6) is 0 Å². The van der Waals surface area contributed by atoms with Gasteiger partial charge in [-0.15, -0.1) is 0 Å². The monoisotopic (exact) mass is 360 g/mol. The van der Waals surface area contributed by atoms with Gasteiger partial charge in [0.15, 0.2) is 0 Å². The normalized spacial score (nSPS) is 16.9. The van der Waals surface area contributed by atoms with Crippen molar-refractivity contribution in [3.63, 3.8) is 0 Å². The van der Waals surface area contributed by atoms with E-state index in [1.165, 1.54) is 6.07 Å². The number of amidine groups is 1. The standard InChI is InChI=1S/C19H19F3N4/c1-12-2-4-14-16(10-12)24-15-5-3-13(19(20,21)22)11-17(15)25-18(14)26-8-6-23-7-9-26/h2-5,10-11,23-24H,6-9H2,1H3. The zero-order valence-electron chi connectivity index (χ0n) is 14.3. The molecule has 0 atom stereocenters. The van der Waals surface area contributed by atoms with E-state index in [9.17, 15) is 13.2 Å². The van der Waals surface area contributed by atoms with Crippen LogP contribution in [0.15, 0.2) is 41.4 Å². The van der Waals surface area contributed by atoms with Gasteiger partial charge in [-0.1, -0.05) is 6.07 Å². The zero-order valence-corrected chi connectivity index (χ0v) is 14.3. The van der Waals surface area contributed by atoms with Crippen LogP contribution < -0.4 is 10.6 Å². The lowest BCUT2D eigenvalue weighted by Crippen LogP contribution is -2.46. The Hall–Kier alpha value is -2.54. The molecule has 2 heterocycles. The van der Waals surface area contributed by atoms with Crippen molar-refractivity contribution >= 4 is 22.9 Å². The van der Waals surface area contributed by atoms with Crippen LogP contribution in [0.25, 0.3) is 0 Å². The van der Waals surface area contributed by atoms with Gasteiger partial charge in [0.2, 0.25) is 0 Å². The van der Waals surface area contributed by atoms with Gasteiger partial charge in [0.05, 0.1) is 16.9 Å². The van der Waals surface area contributed by atoms with Gasteiger partial charge in [-0.2, -0.15) is 13.2 Å². The molecule has 0 radical (unpaired) electrons. The average Bonchev–Trinajstić information content (AvgIpc) is 2.77. The fraction of sp³-hybridized carbons (Fsp3) is 0.316. The predicted octanol–water partition coefficient (Wildman–Crippen LogP) is 4.05. The van der Waals surface area contributed by atoms with Crippen molar-refractivity contribution in [3.8, 4) is 0 Å². The molecule has 0 spiro atoms. The number of fused-ring (bicyclic) bond motifs is 2. The Kier molecular flexibility index (Phi) is 4.11. The molecule has 4 nitrogen and oxygen atoms in total. The van der Waals surface area contributed by atoms with Crippen molar-refractivity contribution in [2.75, 3.05) is 31.5 Å². The summed E-state index contributed by atoms with van der Waals surface area (Å²) in [5, 5.41) is 6.56. The van der Waals surface area contributed by atoms with Gasteiger partial charge < -0.3 is 15.5 Å². The van der Waals surface area contributed by atoms with E-state index in [4.69, 9.17) is 0 Å². The molecule has 2 N–H and O–H groups in total. The first-order valence-electron chi connectivity index (χ1n) is 8.55. The van der Waals surface area contributed by atoms with Crippen LogP contribution in [-0.2, 0) is 6.18 Å². The number of benzene rings is 2. The first-order chi connectivity index (χ1) is 12.4. The van der Waals surface area contributed by atoms with Crippen molar-refractivity contribution in [2.45, 2.75) is 13.1 Å². The van der Waals surface area contributed by atoms with Crippen molar-refractivity contribution in [3.05, 3.63) is 53.1 Å². The maximum Gasteiger partial charge on any atom is 0.416 e. The van der Waals surface area contributed by atoms with E-state index in [1.807, 2.05) is 25.1 Å². The maximum atomic E-state index is 13.1. The SMILES string of the molecule is Cc1ccc2c(c1)Nc1ccc(C(F)(F)F)cc1N=C2N1CCNCC1. The number of halogens is 3. The predicted molar refractivity (Wildman–Crippen MR) is 96.5 cm³/mol. The van der Waals surface area contributed by atoms with Crippen molar-refractivity contribution in [1.29, 1.82) is 0 Å². The highest BCUT2D eigenvalue weighted by molar-refractivity contribution is 6.07. The minimum absolute atomic E-state index is 0.308. The highest BCUT2D eigenvalue weighted by Crippen LogP contribution is 2.39. The summed E-state index contributed by atoms with van der Waals surface area (Å²) in [5.74, 6) is 0.715. The second-order valence-electron chi connectivity index (χ2n) is 6.58. The summed E-state index contributed by atoms with van der Waals surface area (Å²) in [5.41, 5.74) is 3.04. The highest BCUT2D eigenvalue weighted by atomic mass is 19.4. The molecule has 2 aromatic rings. The molecule has 0 aromatic heterocycles. The molecule has 26 heavy (non-hydrogen) atoms. The minimum atomic E-state index is -4.39. The number of hydrogen-bond donors (Lipinski definition) is 2. The van der Waals surface area contributed by atoms with Crippen molar-refractivity contribution in [1.82, 2.24) is 10.2 Å². The maximum absolute atomic E-state index is 13.1. The van der Waals surface area contributed by atoms with Crippen LogP contribution in [0.3, 0.4) is 0 Å². The molecule has 0 amide bonds. The number of aryl methyl sites for hydroxylation is 1. The molecular formula is C19H19F3N4. The summed E-state index contributed by atoms with van der Waals surface area (Å²) in [6, 6.07) is 9.63. The molecule has 2 aliphatic rings. The van der Waals surface area contributed by atoms with Crippen LogP contribution in [0.4, 0.5) is 30.2 Å². The van der Waals surface area contributed by atoms with E-state index in [1.54, 1.807) is 0 Å². The highest BCUT2D eigenvalue weighted by Gasteiger charge is 2.32. The Labute approximate surface area is 149 Å². The lowest BCUT2D eigenvalue weighted by atomic mass is 10.1. The number of rotatable bonds is 0. The Balaban J connectivity index is 1.88. The second kappa shape index (κ2) is 6.32. The summed E-state index contributed by atoms with van der Waals surface area (Å²) >= 11 is 0. The molecule has 2 aromatic carbocycles. The van der Waals surface area contributed by atoms with Gasteiger partial charge in [0, 0.05) is 37.4 Å². The van der Waals surface area contributed by atoms with Crippen LogP contribution >= 0.6 is 0 Å². The third-order valence-corrected chi connectivity index (χ3v) is 4.65. The summed E-state index contributed by atoms with van der Waals surface area (Å²) in [6.07, 6.45) is -4.39. The number of hydrogen-bond acceptors (Lipinski definition) is 4. The lowest BCUT2D eigenvalue weighted by molar-refractivity contribution is -0.137. The fourth-order valence-corrected chi connectivity index (χ4v) is 3.30. The molecule has 1 fully saturated rings. The Bertz CT molecular complexity index is 868. The minimum Gasteiger partial charge on any atom is -0.353 e. The molecule has 136 valence electrons. The largest absolute Gasteiger partial charge is 0.416 e. The molecule has 0 unspecified atom stereocenters. The summed E-state index contributed by atoms with van der Waals surface area (Å²) in [4.78, 5) is 6.79. The van der Waals surface area contributed by atoms with Crippen LogP contribution in [0.2, 0.25) is 0 Å². The zero-order chi connectivity index (χ0) is 18.3. The summed E-state index contributed by atoms with van der Waals surface area (Å²) in [6.45, 7) is 5.16. The Morgan fingerprint density at radius 2 is 1.77 bits per heavy atom. The van der Waals surface area contributed by atoms with Crippen molar-refractivity contribution in [2.24, 2.45) is 4.99 Å². The van der Waals surface area contributed by atoms with E-state index in [0.717, 1.165) is 55.1 Å². The van der Waals surface area contributed by atoms with Crippen LogP contribution in [0.1, 0.15) is 16.7 Å². The van der Waals surface area contributed by atoms with Gasteiger partial charge in [-0.25, -0.2) is 4.99 Å². The Morgan fingerprint density at radius 1 is 1.00 bits per heavy atom. The third-order valence-electron chi connectivity index (χ3n) is 4.65. The lowest BCUT2D eigenvalue weighted by Gasteiger charge is -2.30. The molecule has 0 aliphatic carbocycles. The fourth-order valence-electron chi connectivity index (χ4n) is 3.30. The van der Waals surface area contributed by atoms with E-state index >= 15 is 0 Å². The first kappa shape index (κ1) is 16.9. The molecule has 1 saturated heterocycles. The molecule has 2 aliphatic heterocycles. The molecule has 0 saturated carbocycles. The second-order valence-corrected chi connectivity index (χ2v) is 6.58. The van der Waals surface area contributed by atoms with Crippen molar-refractivity contribution < 1.29 is 13.2 Å². The van der Waals surface area contributed by atoms with Gasteiger partial charge in [0.1, 0.15) is 5.84 Å². The Morgan fingerprint density at radius 3 is 2.50 bits per heavy atom. The first-order valence-corrected chi connectivity index (χ1v) is 8.55.